The minimum atomic E-state index is -1.83. The van der Waals surface area contributed by atoms with Crippen LogP contribution in [0.15, 0.2) is 24.8 Å². The van der Waals surface area contributed by atoms with E-state index < -0.39 is 59.9 Å². The Kier molecular flexibility index (Phi) is 5.44. The summed E-state index contributed by atoms with van der Waals surface area (Å²) in [6.45, 7) is 5.14. The van der Waals surface area contributed by atoms with Crippen LogP contribution < -0.4 is 4.74 Å². The van der Waals surface area contributed by atoms with E-state index >= 15 is 0 Å². The molecule has 1 saturated carbocycles. The zero-order valence-corrected chi connectivity index (χ0v) is 19.6. The molecular formula is C25H31NO10. The average molecular weight is 506 g/mol. The maximum absolute atomic E-state index is 12.3. The summed E-state index contributed by atoms with van der Waals surface area (Å²) < 4.78 is 17.8. The molecule has 3 aliphatic heterocycles. The Hall–Kier alpha value is -2.25. The van der Waals surface area contributed by atoms with E-state index in [1.165, 1.54) is 0 Å². The van der Waals surface area contributed by atoms with Crippen LogP contribution in [0, 0.1) is 0 Å². The third-order valence-corrected chi connectivity index (χ3v) is 9.00. The number of likely N-dealkylation sites (tertiary alicyclic amines) is 1. The number of aliphatic carboxylic acids is 1. The molecule has 3 fully saturated rings. The molecule has 11 heteroatoms. The van der Waals surface area contributed by atoms with Gasteiger partial charge in [0, 0.05) is 18.2 Å². The largest absolute Gasteiger partial charge is 0.504 e. The Bertz CT molecular complexity index is 1100. The monoisotopic (exact) mass is 505 g/mol. The van der Waals surface area contributed by atoms with E-state index in [9.17, 15) is 35.4 Å². The zero-order chi connectivity index (χ0) is 25.6. The Balaban J connectivity index is 1.39. The molecule has 0 aromatic heterocycles. The SMILES string of the molecule is C=CCN1CC[C@]23c4c5ccc(O)c4O[C@H]2[C@H](O[C@@H]2O[C@H](C(=O)O)[C@@H](O)[C@H](O)[C@H]2O)CC[C@@]3(O)[C@H]1C5. The number of phenols is 1. The first-order chi connectivity index (χ1) is 17.1. The lowest BCUT2D eigenvalue weighted by molar-refractivity contribution is -0.320. The molecule has 0 unspecified atom stereocenters. The Morgan fingerprint density at radius 2 is 2.00 bits per heavy atom. The summed E-state index contributed by atoms with van der Waals surface area (Å²) in [5.41, 5.74) is -0.324. The van der Waals surface area contributed by atoms with Crippen molar-refractivity contribution in [2.75, 3.05) is 13.1 Å². The minimum absolute atomic E-state index is 0.0379. The predicted octanol–water partition coefficient (Wildman–Crippen LogP) is -0.990. The highest BCUT2D eigenvalue weighted by molar-refractivity contribution is 5.73. The van der Waals surface area contributed by atoms with Crippen LogP contribution in [0.2, 0.25) is 0 Å². The predicted molar refractivity (Wildman–Crippen MR) is 121 cm³/mol. The van der Waals surface area contributed by atoms with Crippen molar-refractivity contribution in [2.24, 2.45) is 0 Å². The molecule has 1 aromatic rings. The minimum Gasteiger partial charge on any atom is -0.504 e. The van der Waals surface area contributed by atoms with E-state index in [1.807, 2.05) is 12.1 Å². The highest BCUT2D eigenvalue weighted by atomic mass is 16.7. The van der Waals surface area contributed by atoms with E-state index in [1.54, 1.807) is 6.07 Å². The number of ether oxygens (including phenoxy) is 3. The van der Waals surface area contributed by atoms with Gasteiger partial charge in [0.05, 0.1) is 17.1 Å². The standard InChI is InChI=1S/C25H31NO10/c1-2-8-26-9-7-24-15-11-3-4-12(27)19(15)35-21(24)13(5-6-25(24,33)14(26)10-11)34-23-18(30)16(28)17(29)20(36-23)22(31)32/h2-4,13-14,16-18,20-21,23,27-30,33H,1,5-10H2,(H,31,32)/t13-,14-,16+,17+,18-,20+,21+,23-,24+,25-/m1/s1. The van der Waals surface area contributed by atoms with Gasteiger partial charge in [0.25, 0.3) is 0 Å². The molecule has 0 radical (unpaired) electrons. The number of piperidine rings is 1. The molecule has 3 heterocycles. The molecule has 5 aliphatic rings. The average Bonchev–Trinajstić information content (AvgIpc) is 3.20. The lowest BCUT2D eigenvalue weighted by Gasteiger charge is -2.64. The summed E-state index contributed by atoms with van der Waals surface area (Å²) in [5, 5.41) is 63.2. The summed E-state index contributed by atoms with van der Waals surface area (Å²) in [6, 6.07) is 3.24. The molecule has 1 aromatic carbocycles. The third-order valence-electron chi connectivity index (χ3n) is 9.00. The number of carboxylic acid groups (broad SMARTS) is 1. The first-order valence-corrected chi connectivity index (χ1v) is 12.3. The van der Waals surface area contributed by atoms with Gasteiger partial charge in [0.1, 0.15) is 24.4 Å². The van der Waals surface area contributed by atoms with Crippen molar-refractivity contribution in [2.45, 2.75) is 85.7 Å². The van der Waals surface area contributed by atoms with Gasteiger partial charge in [0.2, 0.25) is 0 Å². The number of hydrogen-bond acceptors (Lipinski definition) is 10. The van der Waals surface area contributed by atoms with Crippen LogP contribution in [0.5, 0.6) is 11.5 Å². The number of aliphatic hydroxyl groups is 4. The lowest BCUT2D eigenvalue weighted by atomic mass is 9.48. The molecule has 2 saturated heterocycles. The van der Waals surface area contributed by atoms with Crippen LogP contribution in [0.3, 0.4) is 0 Å². The Labute approximate surface area is 207 Å². The van der Waals surface area contributed by atoms with Gasteiger partial charge in [-0.05, 0) is 43.9 Å². The molecule has 0 amide bonds. The lowest BCUT2D eigenvalue weighted by Crippen LogP contribution is -2.77. The van der Waals surface area contributed by atoms with E-state index in [4.69, 9.17) is 14.2 Å². The quantitative estimate of drug-likeness (QED) is 0.272. The van der Waals surface area contributed by atoms with Crippen LogP contribution in [0.25, 0.3) is 0 Å². The molecule has 10 atom stereocenters. The van der Waals surface area contributed by atoms with Gasteiger partial charge < -0.3 is 44.8 Å². The highest BCUT2D eigenvalue weighted by Crippen LogP contribution is 2.65. The normalized spacial score (nSPS) is 45.0. The summed E-state index contributed by atoms with van der Waals surface area (Å²) in [5.74, 6) is -1.22. The Morgan fingerprint density at radius 3 is 2.72 bits per heavy atom. The van der Waals surface area contributed by atoms with Gasteiger partial charge in [-0.2, -0.15) is 0 Å². The number of carbonyl (C=O) groups is 1. The number of benzene rings is 1. The summed E-state index contributed by atoms with van der Waals surface area (Å²) in [4.78, 5) is 13.8. The fourth-order valence-electron chi connectivity index (χ4n) is 7.45. The second kappa shape index (κ2) is 8.12. The van der Waals surface area contributed by atoms with Crippen molar-refractivity contribution in [1.82, 2.24) is 4.90 Å². The maximum Gasteiger partial charge on any atom is 0.335 e. The van der Waals surface area contributed by atoms with Crippen molar-refractivity contribution in [3.8, 4) is 11.5 Å². The number of phenolic OH excluding ortho intramolecular Hbond substituents is 1. The molecular weight excluding hydrogens is 474 g/mol. The smallest absolute Gasteiger partial charge is 0.335 e. The van der Waals surface area contributed by atoms with Crippen LogP contribution in [0.4, 0.5) is 0 Å². The van der Waals surface area contributed by atoms with Crippen LogP contribution in [-0.2, 0) is 26.1 Å². The number of aliphatic hydroxyl groups excluding tert-OH is 3. The van der Waals surface area contributed by atoms with E-state index in [2.05, 4.69) is 11.5 Å². The second-order valence-electron chi connectivity index (χ2n) is 10.6. The summed E-state index contributed by atoms with van der Waals surface area (Å²) >= 11 is 0. The molecule has 2 bridgehead atoms. The maximum atomic E-state index is 12.3. The van der Waals surface area contributed by atoms with E-state index in [0.29, 0.717) is 44.5 Å². The molecule has 196 valence electrons. The molecule has 11 nitrogen and oxygen atoms in total. The van der Waals surface area contributed by atoms with Gasteiger partial charge in [0.15, 0.2) is 23.9 Å². The zero-order valence-electron chi connectivity index (χ0n) is 19.6. The van der Waals surface area contributed by atoms with E-state index in [0.717, 1.165) is 11.1 Å². The summed E-state index contributed by atoms with van der Waals surface area (Å²) in [6.07, 6.45) is -6.60. The van der Waals surface area contributed by atoms with Gasteiger partial charge in [-0.15, -0.1) is 6.58 Å². The van der Waals surface area contributed by atoms with Gasteiger partial charge >= 0.3 is 5.97 Å². The molecule has 36 heavy (non-hydrogen) atoms. The van der Waals surface area contributed by atoms with Crippen LogP contribution >= 0.6 is 0 Å². The van der Waals surface area contributed by atoms with Crippen molar-refractivity contribution in [3.63, 3.8) is 0 Å². The third kappa shape index (κ3) is 2.96. The second-order valence-corrected chi connectivity index (χ2v) is 10.6. The Morgan fingerprint density at radius 1 is 1.22 bits per heavy atom. The van der Waals surface area contributed by atoms with Gasteiger partial charge in [-0.1, -0.05) is 12.1 Å². The molecule has 6 rings (SSSR count). The van der Waals surface area contributed by atoms with Crippen molar-refractivity contribution < 1.29 is 49.6 Å². The molecule has 6 N–H and O–H groups in total. The van der Waals surface area contributed by atoms with Gasteiger partial charge in [-0.3, -0.25) is 4.90 Å². The topological polar surface area (TPSA) is 169 Å². The van der Waals surface area contributed by atoms with Crippen molar-refractivity contribution in [3.05, 3.63) is 35.9 Å². The number of rotatable bonds is 5. The fraction of sp³-hybridized carbons (Fsp3) is 0.640. The van der Waals surface area contributed by atoms with E-state index in [-0.39, 0.29) is 11.8 Å². The van der Waals surface area contributed by atoms with Crippen LogP contribution in [0.1, 0.15) is 30.4 Å². The number of hydrogen-bond donors (Lipinski definition) is 6. The number of nitrogens with zero attached hydrogens (tertiary/aromatic N) is 1. The van der Waals surface area contributed by atoms with Crippen molar-refractivity contribution >= 4 is 5.97 Å². The molecule has 2 aliphatic carbocycles. The number of carboxylic acids is 1. The summed E-state index contributed by atoms with van der Waals surface area (Å²) in [7, 11) is 0. The molecule has 1 spiro atoms. The first-order valence-electron chi connectivity index (χ1n) is 12.3. The first kappa shape index (κ1) is 24.1. The van der Waals surface area contributed by atoms with Crippen LogP contribution in [-0.4, -0.2) is 109 Å². The highest BCUT2D eigenvalue weighted by Gasteiger charge is 2.73. The fourth-order valence-corrected chi connectivity index (χ4v) is 7.45. The van der Waals surface area contributed by atoms with Gasteiger partial charge in [-0.25, -0.2) is 4.79 Å². The number of aromatic hydroxyl groups is 1. The van der Waals surface area contributed by atoms with Crippen molar-refractivity contribution in [1.29, 1.82) is 0 Å².